The molecular weight excluding hydrogens is 196 g/mol. The van der Waals surface area contributed by atoms with Crippen LogP contribution >= 0.6 is 0 Å². The van der Waals surface area contributed by atoms with E-state index in [1.165, 1.54) is 17.5 Å². The Labute approximate surface area is 97.3 Å². The Morgan fingerprint density at radius 3 is 2.69 bits per heavy atom. The maximum Gasteiger partial charge on any atom is 0.0958 e. The number of benzene rings is 1. The molecule has 0 saturated carbocycles. The van der Waals surface area contributed by atoms with Gasteiger partial charge in [0.1, 0.15) is 0 Å². The van der Waals surface area contributed by atoms with Gasteiger partial charge in [0.05, 0.1) is 17.4 Å². The van der Waals surface area contributed by atoms with Crippen molar-refractivity contribution in [1.29, 1.82) is 0 Å². The van der Waals surface area contributed by atoms with Gasteiger partial charge in [-0.3, -0.25) is 0 Å². The highest BCUT2D eigenvalue weighted by atomic mass is 15.0. The predicted molar refractivity (Wildman–Crippen MR) is 68.5 cm³/mol. The van der Waals surface area contributed by atoms with E-state index < -0.39 is 0 Å². The van der Waals surface area contributed by atoms with Gasteiger partial charge in [-0.2, -0.15) is 0 Å². The van der Waals surface area contributed by atoms with Gasteiger partial charge in [-0.15, -0.1) is 0 Å². The fourth-order valence-electron chi connectivity index (χ4n) is 1.87. The number of hydrogen-bond donors (Lipinski definition) is 0. The molecule has 0 aliphatic heterocycles. The van der Waals surface area contributed by atoms with Crippen LogP contribution < -0.4 is 0 Å². The molecule has 0 radical (unpaired) electrons. The molecule has 1 aromatic carbocycles. The highest BCUT2D eigenvalue weighted by Gasteiger charge is 2.11. The molecule has 86 valence electrons. The van der Waals surface area contributed by atoms with Crippen molar-refractivity contribution in [3.05, 3.63) is 30.1 Å². The first kappa shape index (κ1) is 11.2. The quantitative estimate of drug-likeness (QED) is 0.747. The first-order chi connectivity index (χ1) is 7.47. The lowest BCUT2D eigenvalue weighted by Gasteiger charge is -2.18. The van der Waals surface area contributed by atoms with Crippen molar-refractivity contribution in [2.75, 3.05) is 0 Å². The molecule has 0 saturated heterocycles. The Morgan fingerprint density at radius 1 is 1.25 bits per heavy atom. The second-order valence-electron chi connectivity index (χ2n) is 5.69. The zero-order valence-electron chi connectivity index (χ0n) is 10.6. The van der Waals surface area contributed by atoms with Crippen LogP contribution in [0.25, 0.3) is 11.0 Å². The highest BCUT2D eigenvalue weighted by Crippen LogP contribution is 2.22. The zero-order valence-corrected chi connectivity index (χ0v) is 10.6. The van der Waals surface area contributed by atoms with Crippen LogP contribution in [0.5, 0.6) is 0 Å². The van der Waals surface area contributed by atoms with Crippen molar-refractivity contribution < 1.29 is 0 Å². The average Bonchev–Trinajstić information content (AvgIpc) is 2.58. The summed E-state index contributed by atoms with van der Waals surface area (Å²) in [7, 11) is 0. The maximum atomic E-state index is 4.48. The van der Waals surface area contributed by atoms with Gasteiger partial charge in [-0.1, -0.05) is 32.9 Å². The standard InChI is InChI=1S/C14H20N2/c1-11-6-5-7-12-13(11)15-10-16(12)9-8-14(2,3)4/h5-7,10H,8-9H2,1-4H3. The van der Waals surface area contributed by atoms with Crippen molar-refractivity contribution in [3.8, 4) is 0 Å². The summed E-state index contributed by atoms with van der Waals surface area (Å²) in [6.45, 7) is 9.99. The maximum absolute atomic E-state index is 4.48. The number of para-hydroxylation sites is 1. The Morgan fingerprint density at radius 2 is 2.00 bits per heavy atom. The molecule has 1 heterocycles. The Hall–Kier alpha value is -1.31. The molecule has 1 aromatic heterocycles. The van der Waals surface area contributed by atoms with Crippen LogP contribution in [0.4, 0.5) is 0 Å². The van der Waals surface area contributed by atoms with Crippen LogP contribution in [0.1, 0.15) is 32.8 Å². The summed E-state index contributed by atoms with van der Waals surface area (Å²) in [5, 5.41) is 0. The van der Waals surface area contributed by atoms with Gasteiger partial charge in [0.15, 0.2) is 0 Å². The molecule has 2 nitrogen and oxygen atoms in total. The van der Waals surface area contributed by atoms with E-state index in [0.717, 1.165) is 12.1 Å². The monoisotopic (exact) mass is 216 g/mol. The van der Waals surface area contributed by atoms with Crippen LogP contribution in [0.15, 0.2) is 24.5 Å². The summed E-state index contributed by atoms with van der Waals surface area (Å²) in [5.41, 5.74) is 4.02. The number of aryl methyl sites for hydroxylation is 2. The van der Waals surface area contributed by atoms with Crippen molar-refractivity contribution >= 4 is 11.0 Å². The van der Waals surface area contributed by atoms with Crippen molar-refractivity contribution in [1.82, 2.24) is 9.55 Å². The minimum atomic E-state index is 0.375. The van der Waals surface area contributed by atoms with Gasteiger partial charge in [-0.05, 0) is 30.4 Å². The number of aromatic nitrogens is 2. The van der Waals surface area contributed by atoms with Crippen LogP contribution in [0, 0.1) is 12.3 Å². The molecule has 2 aromatic rings. The van der Waals surface area contributed by atoms with E-state index in [4.69, 9.17) is 0 Å². The molecule has 0 bridgehead atoms. The number of imidazole rings is 1. The fourth-order valence-corrected chi connectivity index (χ4v) is 1.87. The molecule has 0 aliphatic carbocycles. The van der Waals surface area contributed by atoms with Gasteiger partial charge in [0.25, 0.3) is 0 Å². The number of nitrogens with zero attached hydrogens (tertiary/aromatic N) is 2. The van der Waals surface area contributed by atoms with Gasteiger partial charge >= 0.3 is 0 Å². The van der Waals surface area contributed by atoms with Crippen molar-refractivity contribution in [2.45, 2.75) is 40.7 Å². The Kier molecular flexibility index (Phi) is 2.75. The van der Waals surface area contributed by atoms with E-state index >= 15 is 0 Å². The SMILES string of the molecule is Cc1cccc2c1ncn2CCC(C)(C)C. The smallest absolute Gasteiger partial charge is 0.0958 e. The van der Waals surface area contributed by atoms with E-state index in [2.05, 4.69) is 55.4 Å². The van der Waals surface area contributed by atoms with Crippen LogP contribution in [0.2, 0.25) is 0 Å². The van der Waals surface area contributed by atoms with E-state index in [9.17, 15) is 0 Å². The number of hydrogen-bond acceptors (Lipinski definition) is 1. The first-order valence-electron chi connectivity index (χ1n) is 5.88. The summed E-state index contributed by atoms with van der Waals surface area (Å²) in [4.78, 5) is 4.48. The molecule has 16 heavy (non-hydrogen) atoms. The molecule has 0 amide bonds. The molecule has 0 spiro atoms. The van der Waals surface area contributed by atoms with Crippen molar-refractivity contribution in [3.63, 3.8) is 0 Å². The second kappa shape index (κ2) is 3.93. The van der Waals surface area contributed by atoms with Gasteiger partial charge in [0.2, 0.25) is 0 Å². The summed E-state index contributed by atoms with van der Waals surface area (Å²) in [6.07, 6.45) is 3.13. The Bertz CT molecular complexity index is 489. The highest BCUT2D eigenvalue weighted by molar-refractivity contribution is 5.78. The lowest BCUT2D eigenvalue weighted by Crippen LogP contribution is -2.09. The molecule has 0 N–H and O–H groups in total. The third-order valence-electron chi connectivity index (χ3n) is 2.95. The lowest BCUT2D eigenvalue weighted by atomic mass is 9.92. The van der Waals surface area contributed by atoms with Gasteiger partial charge in [-0.25, -0.2) is 4.98 Å². The van der Waals surface area contributed by atoms with Crippen LogP contribution in [0.3, 0.4) is 0 Å². The van der Waals surface area contributed by atoms with E-state index in [0.29, 0.717) is 5.41 Å². The molecule has 0 unspecified atom stereocenters. The topological polar surface area (TPSA) is 17.8 Å². The van der Waals surface area contributed by atoms with E-state index in [1.807, 2.05) is 6.33 Å². The molecule has 0 aliphatic rings. The summed E-state index contributed by atoms with van der Waals surface area (Å²) < 4.78 is 2.26. The van der Waals surface area contributed by atoms with Crippen LogP contribution in [-0.4, -0.2) is 9.55 Å². The number of fused-ring (bicyclic) bond motifs is 1. The van der Waals surface area contributed by atoms with Gasteiger partial charge < -0.3 is 4.57 Å². The lowest BCUT2D eigenvalue weighted by molar-refractivity contribution is 0.352. The summed E-state index contributed by atoms with van der Waals surface area (Å²) in [6, 6.07) is 6.37. The summed E-state index contributed by atoms with van der Waals surface area (Å²) >= 11 is 0. The molecule has 2 heteroatoms. The minimum Gasteiger partial charge on any atom is -0.331 e. The molecule has 0 atom stereocenters. The average molecular weight is 216 g/mol. The minimum absolute atomic E-state index is 0.375. The normalized spacial score (nSPS) is 12.2. The zero-order chi connectivity index (χ0) is 11.8. The molecule has 0 fully saturated rings. The second-order valence-corrected chi connectivity index (χ2v) is 5.69. The fraction of sp³-hybridized carbons (Fsp3) is 0.500. The molecular formula is C14H20N2. The largest absolute Gasteiger partial charge is 0.331 e. The van der Waals surface area contributed by atoms with E-state index in [1.54, 1.807) is 0 Å². The van der Waals surface area contributed by atoms with Gasteiger partial charge in [0, 0.05) is 6.54 Å². The predicted octanol–water partition coefficient (Wildman–Crippen LogP) is 3.78. The Balaban J connectivity index is 2.29. The third kappa shape index (κ3) is 2.26. The molecule has 2 rings (SSSR count). The van der Waals surface area contributed by atoms with Crippen molar-refractivity contribution in [2.24, 2.45) is 5.41 Å². The van der Waals surface area contributed by atoms with E-state index in [-0.39, 0.29) is 0 Å². The first-order valence-corrected chi connectivity index (χ1v) is 5.88. The van der Waals surface area contributed by atoms with Crippen LogP contribution in [-0.2, 0) is 6.54 Å². The summed E-state index contributed by atoms with van der Waals surface area (Å²) in [5.74, 6) is 0. The number of rotatable bonds is 2. The third-order valence-corrected chi connectivity index (χ3v) is 2.95.